The van der Waals surface area contributed by atoms with Gasteiger partial charge in [0.25, 0.3) is 5.91 Å². The van der Waals surface area contributed by atoms with Gasteiger partial charge >= 0.3 is 10.8 Å². The number of rotatable bonds is 8. The fraction of sp³-hybridized carbons (Fsp3) is 0.306. The minimum Gasteiger partial charge on any atom is -0.483 e. The van der Waals surface area contributed by atoms with E-state index in [0.717, 1.165) is 33.2 Å². The van der Waals surface area contributed by atoms with Crippen molar-refractivity contribution >= 4 is 69.8 Å². The number of halogens is 1. The highest BCUT2D eigenvalue weighted by Gasteiger charge is 2.69. The average Bonchev–Trinajstić information content (AvgIpc) is 3.83. The van der Waals surface area contributed by atoms with Gasteiger partial charge in [-0.15, -0.1) is 11.8 Å². The second-order valence-corrected chi connectivity index (χ2v) is 15.3. The van der Waals surface area contributed by atoms with Gasteiger partial charge in [-0.05, 0) is 85.7 Å². The van der Waals surface area contributed by atoms with E-state index >= 15 is 0 Å². The third-order valence-corrected chi connectivity index (χ3v) is 12.9. The van der Waals surface area contributed by atoms with Crippen LogP contribution in [0.5, 0.6) is 5.75 Å². The molecule has 4 aliphatic rings. The summed E-state index contributed by atoms with van der Waals surface area (Å²) in [7, 11) is 0. The number of amides is 3. The molecule has 4 aromatic rings. The number of hydrogen-bond acceptors (Lipinski definition) is 9. The first kappa shape index (κ1) is 31.9. The average molecular weight is 716 g/mol. The molecule has 1 saturated heterocycles. The van der Waals surface area contributed by atoms with Gasteiger partial charge < -0.3 is 19.8 Å². The Labute approximate surface area is 294 Å². The maximum absolute atomic E-state index is 14.0. The van der Waals surface area contributed by atoms with Gasteiger partial charge in [0.15, 0.2) is 6.61 Å². The van der Waals surface area contributed by atoms with Gasteiger partial charge in [0.05, 0.1) is 34.7 Å². The van der Waals surface area contributed by atoms with Crippen molar-refractivity contribution in [2.45, 2.75) is 29.5 Å². The fourth-order valence-corrected chi connectivity index (χ4v) is 11.4. The van der Waals surface area contributed by atoms with Crippen molar-refractivity contribution in [2.24, 2.45) is 29.6 Å². The molecule has 2 bridgehead atoms. The lowest BCUT2D eigenvalue weighted by atomic mass is 9.68. The lowest BCUT2D eigenvalue weighted by molar-refractivity contribution is -0.123. The van der Waals surface area contributed by atoms with Crippen LogP contribution in [0, 0.1) is 29.6 Å². The number of imide groups is 1. The fourth-order valence-electron chi connectivity index (χ4n) is 8.33. The number of aromatic amines is 1. The lowest BCUT2D eigenvalue weighted by Crippen LogP contribution is -2.42. The number of aromatic nitrogens is 1. The van der Waals surface area contributed by atoms with Crippen molar-refractivity contribution in [1.82, 2.24) is 4.98 Å². The number of para-hydroxylation sites is 1. The summed E-state index contributed by atoms with van der Waals surface area (Å²) in [5.74, 6) is -2.15. The van der Waals surface area contributed by atoms with Gasteiger partial charge in [0.1, 0.15) is 5.75 Å². The minimum atomic E-state index is -0.455. The summed E-state index contributed by atoms with van der Waals surface area (Å²) in [5, 5.41) is 4.00. The molecule has 13 heteroatoms. The summed E-state index contributed by atoms with van der Waals surface area (Å²) in [4.78, 5) is 70.7. The van der Waals surface area contributed by atoms with E-state index in [9.17, 15) is 24.0 Å². The van der Waals surface area contributed by atoms with E-state index < -0.39 is 23.7 Å². The summed E-state index contributed by atoms with van der Waals surface area (Å²) in [6.45, 7) is 1.68. The van der Waals surface area contributed by atoms with E-state index in [1.165, 1.54) is 4.90 Å². The highest BCUT2D eigenvalue weighted by molar-refractivity contribution is 8.00. The molecule has 1 aromatic heterocycles. The molecule has 8 rings (SSSR count). The molecule has 3 amide bonds. The molecule has 250 valence electrons. The van der Waals surface area contributed by atoms with Crippen molar-refractivity contribution in [2.75, 3.05) is 23.4 Å². The number of hydrogen-bond donors (Lipinski definition) is 2. The van der Waals surface area contributed by atoms with E-state index in [2.05, 4.69) is 10.3 Å². The summed E-state index contributed by atoms with van der Waals surface area (Å²) >= 11 is 9.32. The standard InChI is InChI=1S/C36H30ClN3O7S2/c1-2-46-35(44)17-8-11-19(12-9-17)38-25(41)16-47-24-13-10-18(37)14-21(24)26-27-22-15-23(30(27)48-32-31(26)49-36(45)39-32)29-28(22)33(42)40(34(29)43)20-6-4-3-5-7-20/h3-14,22-23,26-30H,2,15-16H2,1H3,(H,38,41)(H,39,45)/t22-,23-,26-,27?,28?,29?,30?/m1/s1. The molecule has 7 atom stereocenters. The number of H-pyrrole nitrogens is 1. The zero-order valence-electron chi connectivity index (χ0n) is 26.1. The van der Waals surface area contributed by atoms with Gasteiger partial charge in [0.2, 0.25) is 11.8 Å². The predicted molar refractivity (Wildman–Crippen MR) is 185 cm³/mol. The second kappa shape index (κ2) is 12.5. The summed E-state index contributed by atoms with van der Waals surface area (Å²) in [6.07, 6.45) is 0.738. The van der Waals surface area contributed by atoms with E-state index in [1.807, 2.05) is 24.3 Å². The van der Waals surface area contributed by atoms with Crippen LogP contribution in [-0.4, -0.2) is 47.1 Å². The topological polar surface area (TPSA) is 135 Å². The smallest absolute Gasteiger partial charge is 0.338 e. The number of anilines is 2. The molecular weight excluding hydrogens is 686 g/mol. The van der Waals surface area contributed by atoms with Gasteiger partial charge in [-0.2, -0.15) is 0 Å². The molecule has 4 unspecified atom stereocenters. The van der Waals surface area contributed by atoms with E-state index in [-0.39, 0.29) is 58.8 Å². The van der Waals surface area contributed by atoms with Gasteiger partial charge in [0, 0.05) is 32.3 Å². The highest BCUT2D eigenvalue weighted by atomic mass is 35.5. The first-order chi connectivity index (χ1) is 23.7. The Morgan fingerprint density at radius 2 is 1.71 bits per heavy atom. The molecule has 3 aromatic carbocycles. The molecular formula is C36H30ClN3O7S2. The van der Waals surface area contributed by atoms with E-state index in [1.54, 1.807) is 67.2 Å². The third kappa shape index (κ3) is 5.37. The van der Waals surface area contributed by atoms with Crippen LogP contribution in [0.3, 0.4) is 0 Å². The zero-order chi connectivity index (χ0) is 34.0. The number of esters is 1. The van der Waals surface area contributed by atoms with Crippen LogP contribution in [-0.2, 0) is 19.1 Å². The van der Waals surface area contributed by atoms with Crippen molar-refractivity contribution in [3.8, 4) is 5.75 Å². The molecule has 49 heavy (non-hydrogen) atoms. The Morgan fingerprint density at radius 1 is 0.980 bits per heavy atom. The lowest BCUT2D eigenvalue weighted by Gasteiger charge is -2.43. The molecule has 3 heterocycles. The SMILES string of the molecule is CCOC(=O)c1ccc(NC(=O)COc2ccc(Cl)cc2[C@H]2c3sc(=O)[nH]c3SC3C2[C@H]2C[C@@H]3C3C(=O)N(c4ccccc4)C(=O)C32)cc1. The Balaban J connectivity index is 1.08. The Hall–Kier alpha value is -4.39. The van der Waals surface area contributed by atoms with Crippen LogP contribution in [0.2, 0.25) is 5.02 Å². The first-order valence-electron chi connectivity index (χ1n) is 16.0. The van der Waals surface area contributed by atoms with E-state index in [4.69, 9.17) is 21.1 Å². The van der Waals surface area contributed by atoms with Crippen LogP contribution in [0.25, 0.3) is 0 Å². The summed E-state index contributed by atoms with van der Waals surface area (Å²) < 4.78 is 11.2. The number of fused-ring (bicyclic) bond motifs is 9. The summed E-state index contributed by atoms with van der Waals surface area (Å²) in [6, 6.07) is 20.7. The molecule has 3 fully saturated rings. The molecule has 2 aliphatic heterocycles. The maximum Gasteiger partial charge on any atom is 0.338 e. The summed E-state index contributed by atoms with van der Waals surface area (Å²) in [5.41, 5.74) is 2.18. The number of thiazole rings is 1. The number of carbonyl (C=O) groups is 4. The Morgan fingerprint density at radius 3 is 2.45 bits per heavy atom. The first-order valence-corrected chi connectivity index (χ1v) is 18.1. The van der Waals surface area contributed by atoms with Crippen molar-refractivity contribution in [3.63, 3.8) is 0 Å². The van der Waals surface area contributed by atoms with E-state index in [0.29, 0.717) is 27.7 Å². The number of nitrogens with zero attached hydrogens (tertiary/aromatic N) is 1. The third-order valence-electron chi connectivity index (χ3n) is 10.1. The maximum atomic E-state index is 14.0. The van der Waals surface area contributed by atoms with Crippen LogP contribution in [0.4, 0.5) is 11.4 Å². The van der Waals surface area contributed by atoms with Crippen LogP contribution >= 0.6 is 34.7 Å². The monoisotopic (exact) mass is 715 g/mol. The number of nitrogens with one attached hydrogen (secondary N) is 2. The molecule has 0 radical (unpaired) electrons. The van der Waals surface area contributed by atoms with Crippen molar-refractivity contribution in [1.29, 1.82) is 0 Å². The van der Waals surface area contributed by atoms with Crippen LogP contribution < -0.4 is 19.8 Å². The Bertz CT molecular complexity index is 2050. The number of benzene rings is 3. The largest absolute Gasteiger partial charge is 0.483 e. The molecule has 10 nitrogen and oxygen atoms in total. The number of ether oxygens (including phenoxy) is 2. The second-order valence-electron chi connectivity index (χ2n) is 12.6. The van der Waals surface area contributed by atoms with Gasteiger partial charge in [-0.3, -0.25) is 24.1 Å². The molecule has 0 spiro atoms. The Kier molecular flexibility index (Phi) is 8.12. The molecule has 2 saturated carbocycles. The predicted octanol–water partition coefficient (Wildman–Crippen LogP) is 5.96. The number of thioether (sulfide) groups is 1. The highest BCUT2D eigenvalue weighted by Crippen LogP contribution is 2.69. The normalized spacial score (nSPS) is 26.2. The van der Waals surface area contributed by atoms with Crippen molar-refractivity contribution in [3.05, 3.63) is 103 Å². The quantitative estimate of drug-likeness (QED) is 0.169. The minimum absolute atomic E-state index is 0.0193. The van der Waals surface area contributed by atoms with Crippen LogP contribution in [0.1, 0.15) is 40.1 Å². The van der Waals surface area contributed by atoms with Gasteiger partial charge in [-0.1, -0.05) is 41.1 Å². The number of carbonyl (C=O) groups excluding carboxylic acids is 4. The van der Waals surface area contributed by atoms with Gasteiger partial charge in [-0.25, -0.2) is 4.79 Å². The van der Waals surface area contributed by atoms with Crippen molar-refractivity contribution < 1.29 is 28.7 Å². The zero-order valence-corrected chi connectivity index (χ0v) is 28.5. The molecule has 2 N–H and O–H groups in total. The molecule has 2 aliphatic carbocycles. The van der Waals surface area contributed by atoms with Crippen LogP contribution in [0.15, 0.2) is 82.6 Å².